The molecule has 0 spiro atoms. The summed E-state index contributed by atoms with van der Waals surface area (Å²) < 4.78 is 45.8. The van der Waals surface area contributed by atoms with Crippen molar-refractivity contribution in [1.82, 2.24) is 39.5 Å². The van der Waals surface area contributed by atoms with Crippen LogP contribution in [-0.2, 0) is 57.9 Å². The number of ether oxygens (including phenoxy) is 2. The minimum atomic E-state index is -0.750. The van der Waals surface area contributed by atoms with Gasteiger partial charge in [-0.05, 0) is 79.6 Å². The largest absolute Gasteiger partial charge is 0.457 e. The number of aryl methyl sites for hydroxylation is 2. The van der Waals surface area contributed by atoms with Crippen LogP contribution in [0.15, 0.2) is 131 Å². The second-order valence-corrected chi connectivity index (χ2v) is 23.4. The first kappa shape index (κ1) is 58.8. The number of hydrogen-bond donors (Lipinski definition) is 2. The number of nitrogens with zero attached hydrogens (tertiary/aromatic N) is 8. The lowest BCUT2D eigenvalue weighted by molar-refractivity contribution is -0.118. The number of aromatic nitrogens is 8. The molecule has 0 saturated heterocycles. The summed E-state index contributed by atoms with van der Waals surface area (Å²) >= 11 is 6.58. The maximum atomic E-state index is 15.2. The van der Waals surface area contributed by atoms with Crippen molar-refractivity contribution in [3.8, 4) is 34.4 Å². The zero-order chi connectivity index (χ0) is 58.6. The number of aliphatic imine (C=N–C) groups is 1. The van der Waals surface area contributed by atoms with Gasteiger partial charge in [0.05, 0.1) is 51.3 Å². The van der Waals surface area contributed by atoms with Crippen LogP contribution in [0, 0.1) is 25.5 Å². The first-order valence-corrected chi connectivity index (χ1v) is 28.8. The lowest BCUT2D eigenvalue weighted by Gasteiger charge is -2.21. The topological polar surface area (TPSA) is 192 Å². The summed E-state index contributed by atoms with van der Waals surface area (Å²) in [4.78, 5) is 58.2. The third kappa shape index (κ3) is 13.9. The van der Waals surface area contributed by atoms with Gasteiger partial charge in [0.25, 0.3) is 5.56 Å². The molecule has 1 aliphatic heterocycles. The van der Waals surface area contributed by atoms with Gasteiger partial charge < -0.3 is 19.6 Å². The fraction of sp³-hybridized carbons (Fsp3) is 0.286. The van der Waals surface area contributed by atoms with Crippen molar-refractivity contribution in [3.63, 3.8) is 0 Å². The van der Waals surface area contributed by atoms with E-state index in [2.05, 4.69) is 98.3 Å². The lowest BCUT2D eigenvalue weighted by atomic mass is 9.92. The van der Waals surface area contributed by atoms with Crippen LogP contribution in [0.1, 0.15) is 97.8 Å². The van der Waals surface area contributed by atoms with Gasteiger partial charge >= 0.3 is 0 Å². The summed E-state index contributed by atoms with van der Waals surface area (Å²) in [5, 5.41) is 20.7. The van der Waals surface area contributed by atoms with Gasteiger partial charge in [0, 0.05) is 84.4 Å². The summed E-state index contributed by atoms with van der Waals surface area (Å²) in [6, 6.07) is 32.0. The molecule has 0 amide bonds. The molecule has 0 aliphatic carbocycles. The molecule has 1 atom stereocenters. The highest BCUT2D eigenvalue weighted by molar-refractivity contribution is 9.09. The quantitative estimate of drug-likeness (QED) is 0.0875. The molecular formula is C63H61Br2F2N9O6. The van der Waals surface area contributed by atoms with Gasteiger partial charge in [-0.2, -0.15) is 10.2 Å². The van der Waals surface area contributed by atoms with E-state index in [0.29, 0.717) is 51.4 Å². The van der Waals surface area contributed by atoms with Crippen molar-refractivity contribution in [1.29, 1.82) is 0 Å². The van der Waals surface area contributed by atoms with Gasteiger partial charge in [0.15, 0.2) is 17.2 Å². The number of rotatable bonds is 16. The highest BCUT2D eigenvalue weighted by Crippen LogP contribution is 2.36. The Hall–Kier alpha value is -7.87. The molecule has 15 nitrogen and oxygen atoms in total. The van der Waals surface area contributed by atoms with Crippen molar-refractivity contribution >= 4 is 66.1 Å². The molecule has 82 heavy (non-hydrogen) atoms. The number of carbonyl (C=O) groups excluding carboxylic acids is 2. The standard InChI is InChI=1S/C32H32BrFN4O3.C31H29BrFN5O3/c1-19-5-8-21(9-6-19)38-22(15-30(37-38)32(2,3)4)14-23(39)13-20-7-10-24(16-26(20)34)41-29-11-12-35-31-25(29)17-28(40)27(18-33)36-31;1-18-5-8-20(9-6-18)38-21(15-27(37-38)31(2,3)4)14-22(39)13-19-7-10-23(16-24(19)33)41-26-11-12-34-29-28(26)35-25(17-32)30(40)36-29/h5-12,15-16,28,40H,13-14,17-18H2,1-4H3;5-12,15-16H,13-14,17H2,1-4H3,(H,34,36,40). The number of alkyl halides is 2. The van der Waals surface area contributed by atoms with Gasteiger partial charge in [0.1, 0.15) is 51.7 Å². The van der Waals surface area contributed by atoms with E-state index in [-0.39, 0.29) is 87.4 Å². The fourth-order valence-electron chi connectivity index (χ4n) is 8.98. The number of nitrogens with one attached hydrogen (secondary N) is 1. The minimum absolute atomic E-state index is 0.0586. The SMILES string of the molecule is Cc1ccc(-n2nc(C(C)(C)C)cc2CC(=O)Cc2ccc(Oc3ccnc4[nH]c(=O)c(CBr)nc34)cc2F)cc1.Cc1ccc(-n2nc(C(C)(C)C)cc2CC(=O)Cc2ccc(Oc3ccnc4c3CC(O)C(CBr)=N4)cc2F)cc1. The third-order valence-electron chi connectivity index (χ3n) is 13.6. The maximum Gasteiger partial charge on any atom is 0.272 e. The number of aromatic amines is 1. The Morgan fingerprint density at radius 1 is 0.659 bits per heavy atom. The Bertz CT molecular complexity index is 3940. The normalized spacial score (nSPS) is 13.3. The first-order chi connectivity index (χ1) is 39.0. The van der Waals surface area contributed by atoms with Crippen LogP contribution in [0.25, 0.3) is 22.5 Å². The van der Waals surface area contributed by atoms with Gasteiger partial charge in [-0.25, -0.2) is 38.1 Å². The van der Waals surface area contributed by atoms with Gasteiger partial charge in [-0.15, -0.1) is 0 Å². The average molecular weight is 1240 g/mol. The number of carbonyl (C=O) groups is 2. The fourth-order valence-corrected chi connectivity index (χ4v) is 9.86. The van der Waals surface area contributed by atoms with Gasteiger partial charge in [-0.1, -0.05) is 121 Å². The van der Waals surface area contributed by atoms with Crippen molar-refractivity contribution in [2.45, 2.75) is 110 Å². The molecule has 422 valence electrons. The molecule has 0 bridgehead atoms. The summed E-state index contributed by atoms with van der Waals surface area (Å²) in [5.74, 6) is 0.413. The second kappa shape index (κ2) is 24.7. The molecule has 6 heterocycles. The van der Waals surface area contributed by atoms with Crippen LogP contribution in [-0.4, -0.2) is 73.3 Å². The predicted octanol–water partition coefficient (Wildman–Crippen LogP) is 12.8. The van der Waals surface area contributed by atoms with Gasteiger partial charge in [0.2, 0.25) is 0 Å². The lowest BCUT2D eigenvalue weighted by Crippen LogP contribution is -2.27. The molecule has 1 aliphatic rings. The number of benzene rings is 4. The summed E-state index contributed by atoms with van der Waals surface area (Å²) in [7, 11) is 0. The average Bonchev–Trinajstić information content (AvgIpc) is 4.07. The number of aliphatic hydroxyl groups excluding tert-OH is 1. The number of Topliss-reactive ketones (excluding diaryl/α,β-unsaturated/α-hetero) is 2. The van der Waals surface area contributed by atoms with Crippen molar-refractivity contribution in [3.05, 3.63) is 200 Å². The molecule has 1 unspecified atom stereocenters. The van der Waals surface area contributed by atoms with Crippen LogP contribution >= 0.6 is 31.9 Å². The number of pyridine rings is 2. The number of hydrogen-bond acceptors (Lipinski definition) is 12. The molecule has 0 saturated carbocycles. The maximum absolute atomic E-state index is 15.2. The van der Waals surface area contributed by atoms with E-state index in [9.17, 15) is 19.5 Å². The Balaban J connectivity index is 0.000000198. The number of fused-ring (bicyclic) bond motifs is 2. The van der Waals surface area contributed by atoms with E-state index in [1.54, 1.807) is 47.3 Å². The van der Waals surface area contributed by atoms with E-state index >= 15 is 8.78 Å². The van der Waals surface area contributed by atoms with Crippen LogP contribution in [0.3, 0.4) is 0 Å². The van der Waals surface area contributed by atoms with Crippen molar-refractivity contribution < 1.29 is 33.0 Å². The van der Waals surface area contributed by atoms with E-state index in [1.807, 2.05) is 79.2 Å². The van der Waals surface area contributed by atoms with E-state index in [0.717, 1.165) is 45.3 Å². The van der Waals surface area contributed by atoms with Crippen LogP contribution in [0.5, 0.6) is 23.0 Å². The summed E-state index contributed by atoms with van der Waals surface area (Å²) in [5.41, 5.74) is 9.24. The number of halogens is 4. The third-order valence-corrected chi connectivity index (χ3v) is 14.7. The summed E-state index contributed by atoms with van der Waals surface area (Å²) in [6.45, 7) is 16.5. The van der Waals surface area contributed by atoms with E-state index < -0.39 is 17.7 Å². The minimum Gasteiger partial charge on any atom is -0.457 e. The molecule has 4 aromatic carbocycles. The smallest absolute Gasteiger partial charge is 0.272 e. The highest BCUT2D eigenvalue weighted by Gasteiger charge is 2.27. The Labute approximate surface area is 490 Å². The number of ketones is 2. The molecule has 19 heteroatoms. The number of H-pyrrole nitrogens is 1. The zero-order valence-corrected chi connectivity index (χ0v) is 49.8. The summed E-state index contributed by atoms with van der Waals surface area (Å²) in [6.07, 6.45) is 2.68. The molecule has 0 radical (unpaired) electrons. The van der Waals surface area contributed by atoms with Crippen molar-refractivity contribution in [2.24, 2.45) is 4.99 Å². The molecule has 9 aromatic rings. The van der Waals surface area contributed by atoms with Crippen molar-refractivity contribution in [2.75, 3.05) is 5.33 Å². The van der Waals surface area contributed by atoms with E-state index in [1.165, 1.54) is 18.3 Å². The Morgan fingerprint density at radius 3 is 1.62 bits per heavy atom. The predicted molar refractivity (Wildman–Crippen MR) is 319 cm³/mol. The molecule has 5 aromatic heterocycles. The molecule has 10 rings (SSSR count). The zero-order valence-electron chi connectivity index (χ0n) is 46.7. The molecule has 2 N–H and O–H groups in total. The van der Waals surface area contributed by atoms with Crippen LogP contribution < -0.4 is 15.0 Å². The Kier molecular flexibility index (Phi) is 17.7. The second-order valence-electron chi connectivity index (χ2n) is 22.3. The number of aliphatic hydroxyl groups is 1. The molecule has 0 fully saturated rings. The van der Waals surface area contributed by atoms with Gasteiger partial charge in [-0.3, -0.25) is 14.4 Å². The Morgan fingerprint density at radius 2 is 1.15 bits per heavy atom. The molecular weight excluding hydrogens is 1180 g/mol. The monoisotopic (exact) mass is 1240 g/mol. The van der Waals surface area contributed by atoms with Crippen LogP contribution in [0.2, 0.25) is 0 Å². The van der Waals surface area contributed by atoms with E-state index in [4.69, 9.17) is 19.7 Å². The first-order valence-electron chi connectivity index (χ1n) is 26.6. The van der Waals surface area contributed by atoms with Crippen LogP contribution in [0.4, 0.5) is 14.6 Å². The highest BCUT2D eigenvalue weighted by atomic mass is 79.9.